The number of halogens is 2. The van der Waals surface area contributed by atoms with Gasteiger partial charge in [-0.25, -0.2) is 0 Å². The molecular formula is C16H26Cl2N2O. The van der Waals surface area contributed by atoms with E-state index < -0.39 is 0 Å². The van der Waals surface area contributed by atoms with Crippen molar-refractivity contribution in [2.24, 2.45) is 0 Å². The van der Waals surface area contributed by atoms with E-state index in [9.17, 15) is 5.11 Å². The largest absolute Gasteiger partial charge is 0.508 e. The van der Waals surface area contributed by atoms with Crippen LogP contribution in [-0.2, 0) is 0 Å². The van der Waals surface area contributed by atoms with Gasteiger partial charge in [0.1, 0.15) is 5.75 Å². The van der Waals surface area contributed by atoms with Crippen LogP contribution in [0.1, 0.15) is 30.0 Å². The molecule has 5 heteroatoms. The van der Waals surface area contributed by atoms with E-state index >= 15 is 0 Å². The molecule has 1 aromatic rings. The van der Waals surface area contributed by atoms with Crippen molar-refractivity contribution < 1.29 is 5.11 Å². The molecule has 2 rings (SSSR count). The predicted molar refractivity (Wildman–Crippen MR) is 94.0 cm³/mol. The van der Waals surface area contributed by atoms with E-state index in [2.05, 4.69) is 29.8 Å². The number of benzene rings is 1. The normalized spacial score (nSPS) is 16.4. The van der Waals surface area contributed by atoms with Gasteiger partial charge in [-0.15, -0.1) is 31.4 Å². The second-order valence-electron chi connectivity index (χ2n) is 5.23. The predicted octanol–water partition coefficient (Wildman–Crippen LogP) is 3.46. The Kier molecular flexibility index (Phi) is 9.71. The lowest BCUT2D eigenvalue weighted by molar-refractivity contribution is 0.163. The van der Waals surface area contributed by atoms with Crippen molar-refractivity contribution in [1.82, 2.24) is 10.2 Å². The van der Waals surface area contributed by atoms with Crippen molar-refractivity contribution in [3.05, 3.63) is 42.0 Å². The van der Waals surface area contributed by atoms with E-state index in [-0.39, 0.29) is 24.8 Å². The quantitative estimate of drug-likeness (QED) is 0.810. The topological polar surface area (TPSA) is 35.5 Å². The molecule has 1 aliphatic rings. The highest BCUT2D eigenvalue weighted by Crippen LogP contribution is 2.33. The van der Waals surface area contributed by atoms with E-state index in [1.165, 1.54) is 5.56 Å². The summed E-state index contributed by atoms with van der Waals surface area (Å²) in [6.07, 6.45) is 3.95. The summed E-state index contributed by atoms with van der Waals surface area (Å²) in [5.41, 5.74) is 2.26. The van der Waals surface area contributed by atoms with Crippen LogP contribution < -0.4 is 5.32 Å². The van der Waals surface area contributed by atoms with E-state index in [0.717, 1.165) is 44.6 Å². The zero-order valence-corrected chi connectivity index (χ0v) is 14.2. The fourth-order valence-corrected chi connectivity index (χ4v) is 2.75. The lowest BCUT2D eigenvalue weighted by atomic mass is 9.97. The van der Waals surface area contributed by atoms with Crippen molar-refractivity contribution in [3.8, 4) is 5.75 Å². The molecule has 0 aromatic heterocycles. The minimum atomic E-state index is 0. The van der Waals surface area contributed by atoms with Crippen LogP contribution in [0.4, 0.5) is 0 Å². The molecule has 1 aliphatic heterocycles. The second kappa shape index (κ2) is 10.1. The first-order chi connectivity index (χ1) is 9.22. The Morgan fingerprint density at radius 3 is 2.62 bits per heavy atom. The summed E-state index contributed by atoms with van der Waals surface area (Å²) >= 11 is 0. The van der Waals surface area contributed by atoms with Crippen molar-refractivity contribution in [2.75, 3.05) is 26.2 Å². The maximum atomic E-state index is 10.2. The smallest absolute Gasteiger partial charge is 0.120 e. The zero-order chi connectivity index (χ0) is 13.7. The van der Waals surface area contributed by atoms with Crippen LogP contribution in [0.15, 0.2) is 30.9 Å². The first-order valence-corrected chi connectivity index (χ1v) is 7.07. The monoisotopic (exact) mass is 332 g/mol. The number of hydrogen-bond acceptors (Lipinski definition) is 3. The maximum Gasteiger partial charge on any atom is 0.120 e. The number of phenolic OH excluding ortho intramolecular Hbond substituents is 1. The molecule has 2 N–H and O–H groups in total. The van der Waals surface area contributed by atoms with Crippen LogP contribution in [0.5, 0.6) is 5.75 Å². The van der Waals surface area contributed by atoms with E-state index in [0.29, 0.717) is 11.8 Å². The molecule has 0 aliphatic carbocycles. The fraction of sp³-hybridized carbons (Fsp3) is 0.500. The highest BCUT2D eigenvalue weighted by Gasteiger charge is 2.23. The number of nitrogens with one attached hydrogen (secondary N) is 1. The van der Waals surface area contributed by atoms with Gasteiger partial charge in [-0.3, -0.25) is 4.90 Å². The number of allylic oxidation sites excluding steroid dienone is 1. The molecule has 0 amide bonds. The van der Waals surface area contributed by atoms with Gasteiger partial charge in [-0.05, 0) is 25.8 Å². The Bertz CT molecular complexity index is 434. The molecule has 1 aromatic carbocycles. The van der Waals surface area contributed by atoms with Crippen molar-refractivity contribution >= 4 is 24.8 Å². The lowest BCUT2D eigenvalue weighted by Gasteiger charge is -2.35. The van der Waals surface area contributed by atoms with Gasteiger partial charge in [0.05, 0.1) is 0 Å². The van der Waals surface area contributed by atoms with Crippen molar-refractivity contribution in [3.63, 3.8) is 0 Å². The van der Waals surface area contributed by atoms with E-state index in [1.807, 2.05) is 18.2 Å². The third-order valence-electron chi connectivity index (χ3n) is 3.78. The fourth-order valence-electron chi connectivity index (χ4n) is 2.75. The molecular weight excluding hydrogens is 307 g/mol. The first kappa shape index (κ1) is 20.3. The third kappa shape index (κ3) is 5.51. The Morgan fingerprint density at radius 2 is 2.00 bits per heavy atom. The van der Waals surface area contributed by atoms with Gasteiger partial charge >= 0.3 is 0 Å². The molecule has 0 spiro atoms. The summed E-state index contributed by atoms with van der Waals surface area (Å²) in [6, 6.07) is 6.18. The molecule has 1 heterocycles. The van der Waals surface area contributed by atoms with Crippen LogP contribution in [0.25, 0.3) is 0 Å². The molecule has 1 saturated heterocycles. The van der Waals surface area contributed by atoms with Gasteiger partial charge in [-0.1, -0.05) is 23.8 Å². The number of rotatable bonds is 5. The minimum Gasteiger partial charge on any atom is -0.508 e. The Labute approximate surface area is 140 Å². The molecule has 0 bridgehead atoms. The average Bonchev–Trinajstić information content (AvgIpc) is 2.44. The molecule has 120 valence electrons. The van der Waals surface area contributed by atoms with Gasteiger partial charge in [0.25, 0.3) is 0 Å². The number of piperazine rings is 1. The third-order valence-corrected chi connectivity index (χ3v) is 3.78. The number of hydrogen-bond donors (Lipinski definition) is 2. The van der Waals surface area contributed by atoms with Crippen molar-refractivity contribution in [2.45, 2.75) is 25.8 Å². The first-order valence-electron chi connectivity index (χ1n) is 7.07. The molecule has 0 saturated carbocycles. The van der Waals surface area contributed by atoms with Crippen LogP contribution in [0.2, 0.25) is 0 Å². The van der Waals surface area contributed by atoms with Crippen LogP contribution >= 0.6 is 24.8 Å². The maximum absolute atomic E-state index is 10.2. The highest BCUT2D eigenvalue weighted by atomic mass is 35.5. The molecule has 3 nitrogen and oxygen atoms in total. The van der Waals surface area contributed by atoms with Gasteiger partial charge in [0.2, 0.25) is 0 Å². The Morgan fingerprint density at radius 1 is 1.33 bits per heavy atom. The van der Waals surface area contributed by atoms with Gasteiger partial charge in [0.15, 0.2) is 0 Å². The Hall–Kier alpha value is -0.740. The number of nitrogens with zero attached hydrogens (tertiary/aromatic N) is 1. The summed E-state index contributed by atoms with van der Waals surface area (Å²) < 4.78 is 0. The molecule has 1 atom stereocenters. The SMILES string of the molecule is C=CCC[C@H](c1cc(C)ccc1O)N1CCNCC1.Cl.Cl. The van der Waals surface area contributed by atoms with Crippen molar-refractivity contribution in [1.29, 1.82) is 0 Å². The van der Waals surface area contributed by atoms with E-state index in [1.54, 1.807) is 0 Å². The summed E-state index contributed by atoms with van der Waals surface area (Å²) in [7, 11) is 0. The summed E-state index contributed by atoms with van der Waals surface area (Å²) in [5.74, 6) is 0.415. The second-order valence-corrected chi connectivity index (χ2v) is 5.23. The van der Waals surface area contributed by atoms with Crippen LogP contribution in [-0.4, -0.2) is 36.2 Å². The van der Waals surface area contributed by atoms with Gasteiger partial charge in [-0.2, -0.15) is 0 Å². The summed E-state index contributed by atoms with van der Waals surface area (Å²) in [4.78, 5) is 2.47. The minimum absolute atomic E-state index is 0. The van der Waals surface area contributed by atoms with Gasteiger partial charge in [0, 0.05) is 37.8 Å². The molecule has 0 radical (unpaired) electrons. The average molecular weight is 333 g/mol. The zero-order valence-electron chi connectivity index (χ0n) is 12.5. The molecule has 21 heavy (non-hydrogen) atoms. The summed E-state index contributed by atoms with van der Waals surface area (Å²) in [5, 5.41) is 13.5. The highest BCUT2D eigenvalue weighted by molar-refractivity contribution is 5.85. The van der Waals surface area contributed by atoms with Gasteiger partial charge < -0.3 is 10.4 Å². The number of aromatic hydroxyl groups is 1. The van der Waals surface area contributed by atoms with Crippen LogP contribution in [0.3, 0.4) is 0 Å². The molecule has 1 fully saturated rings. The number of phenols is 1. The standard InChI is InChI=1S/C16H24N2O.2ClH/c1-3-4-5-15(18-10-8-17-9-11-18)14-12-13(2)6-7-16(14)19;;/h3,6-7,12,15,17,19H,1,4-5,8-11H2,2H3;2*1H/t15-;;/m1../s1. The Balaban J connectivity index is 0.00000200. The van der Waals surface area contributed by atoms with E-state index in [4.69, 9.17) is 0 Å². The van der Waals surface area contributed by atoms with Crippen LogP contribution in [0, 0.1) is 6.92 Å². The molecule has 0 unspecified atom stereocenters. The number of aryl methyl sites for hydroxylation is 1. The lowest BCUT2D eigenvalue weighted by Crippen LogP contribution is -2.45. The summed E-state index contributed by atoms with van der Waals surface area (Å²) in [6.45, 7) is 10.0.